The summed E-state index contributed by atoms with van der Waals surface area (Å²) in [6.07, 6.45) is -1.66. The Morgan fingerprint density at radius 3 is 2.52 bits per heavy atom. The quantitative estimate of drug-likeness (QED) is 0.855. The van der Waals surface area contributed by atoms with Gasteiger partial charge in [-0.15, -0.1) is 0 Å². The molecular weight excluding hydrogens is 381 g/mol. The van der Waals surface area contributed by atoms with Gasteiger partial charge in [0.05, 0.1) is 28.7 Å². The summed E-state index contributed by atoms with van der Waals surface area (Å²) in [7, 11) is 2.03. The van der Waals surface area contributed by atoms with Gasteiger partial charge in [-0.05, 0) is 31.3 Å². The van der Waals surface area contributed by atoms with Crippen LogP contribution in [-0.4, -0.2) is 49.0 Å². The van der Waals surface area contributed by atoms with Gasteiger partial charge in [0.2, 0.25) is 0 Å². The van der Waals surface area contributed by atoms with Crippen LogP contribution in [0.25, 0.3) is 0 Å². The molecule has 1 saturated heterocycles. The minimum Gasteiger partial charge on any atom is -0.368 e. The average Bonchev–Trinajstić information content (AvgIpc) is 2.63. The number of aromatic nitrogens is 1. The molecule has 144 valence electrons. The molecule has 5 nitrogen and oxygen atoms in total. The zero-order valence-corrected chi connectivity index (χ0v) is 15.3. The first-order valence-electron chi connectivity index (χ1n) is 8.30. The molecule has 1 aromatic carbocycles. The van der Waals surface area contributed by atoms with Gasteiger partial charge in [-0.25, -0.2) is 0 Å². The van der Waals surface area contributed by atoms with E-state index in [1.54, 1.807) is 12.3 Å². The van der Waals surface area contributed by atoms with Gasteiger partial charge in [-0.2, -0.15) is 13.2 Å². The number of halogens is 4. The van der Waals surface area contributed by atoms with Gasteiger partial charge in [0.1, 0.15) is 0 Å². The molecule has 0 aliphatic carbocycles. The van der Waals surface area contributed by atoms with Crippen LogP contribution in [0.15, 0.2) is 36.7 Å². The first-order chi connectivity index (χ1) is 12.7. The number of carbonyl (C=O) groups is 1. The second kappa shape index (κ2) is 7.74. The largest absolute Gasteiger partial charge is 0.418 e. The number of hydrogen-bond donors (Lipinski definition) is 1. The fourth-order valence-corrected chi connectivity index (χ4v) is 3.02. The van der Waals surface area contributed by atoms with E-state index < -0.39 is 17.6 Å². The van der Waals surface area contributed by atoms with Crippen LogP contribution in [0.5, 0.6) is 0 Å². The van der Waals surface area contributed by atoms with Crippen LogP contribution < -0.4 is 10.2 Å². The molecule has 9 heteroatoms. The molecule has 0 radical (unpaired) electrons. The van der Waals surface area contributed by atoms with Crippen LogP contribution in [0, 0.1) is 0 Å². The first kappa shape index (κ1) is 19.4. The molecule has 1 fully saturated rings. The zero-order chi connectivity index (χ0) is 19.6. The van der Waals surface area contributed by atoms with E-state index in [2.05, 4.69) is 20.1 Å². The Balaban J connectivity index is 1.80. The first-order valence-corrected chi connectivity index (χ1v) is 8.68. The summed E-state index contributed by atoms with van der Waals surface area (Å²) in [5.41, 5.74) is -0.383. The summed E-state index contributed by atoms with van der Waals surface area (Å²) in [5.74, 6) is -0.661. The molecule has 3 rings (SSSR count). The highest BCUT2D eigenvalue weighted by Crippen LogP contribution is 2.36. The number of hydrogen-bond acceptors (Lipinski definition) is 4. The van der Waals surface area contributed by atoms with E-state index in [0.717, 1.165) is 44.0 Å². The topological polar surface area (TPSA) is 48.5 Å². The summed E-state index contributed by atoms with van der Waals surface area (Å²) in [4.78, 5) is 20.8. The van der Waals surface area contributed by atoms with Crippen LogP contribution in [0.2, 0.25) is 5.02 Å². The van der Waals surface area contributed by atoms with E-state index in [0.29, 0.717) is 0 Å². The van der Waals surface area contributed by atoms with Crippen LogP contribution in [0.3, 0.4) is 0 Å². The third-order valence-corrected chi connectivity index (χ3v) is 4.62. The van der Waals surface area contributed by atoms with Crippen molar-refractivity contribution in [1.29, 1.82) is 0 Å². The van der Waals surface area contributed by atoms with Crippen molar-refractivity contribution in [2.24, 2.45) is 0 Å². The molecule has 0 atom stereocenters. The normalized spacial score (nSPS) is 15.7. The number of likely N-dealkylation sites (N-methyl/N-ethyl adjacent to an activating group) is 1. The number of nitrogens with zero attached hydrogens (tertiary/aromatic N) is 3. The lowest BCUT2D eigenvalue weighted by Gasteiger charge is -2.33. The van der Waals surface area contributed by atoms with E-state index in [9.17, 15) is 18.0 Å². The maximum absolute atomic E-state index is 13.2. The number of pyridine rings is 1. The standard InChI is InChI=1S/C18H18ClF3N4O/c1-25-4-6-26(7-5-25)14-8-12(10-23-11-14)17(27)24-16-3-2-13(19)9-15(16)18(20,21)22/h2-3,8-11H,4-7H2,1H3,(H,24,27). The number of rotatable bonds is 3. The molecule has 1 N–H and O–H groups in total. The van der Waals surface area contributed by atoms with Crippen molar-refractivity contribution in [1.82, 2.24) is 9.88 Å². The Bertz CT molecular complexity index is 836. The Hall–Kier alpha value is -2.32. The summed E-state index contributed by atoms with van der Waals surface area (Å²) in [6, 6.07) is 4.86. The molecule has 0 unspecified atom stereocenters. The lowest BCUT2D eigenvalue weighted by atomic mass is 10.1. The van der Waals surface area contributed by atoms with E-state index in [1.807, 2.05) is 7.05 Å². The predicted molar refractivity (Wildman–Crippen MR) is 98.4 cm³/mol. The lowest BCUT2D eigenvalue weighted by Crippen LogP contribution is -2.44. The van der Waals surface area contributed by atoms with E-state index in [4.69, 9.17) is 11.6 Å². The van der Waals surface area contributed by atoms with Crippen LogP contribution in [0.1, 0.15) is 15.9 Å². The molecule has 0 bridgehead atoms. The molecule has 27 heavy (non-hydrogen) atoms. The smallest absolute Gasteiger partial charge is 0.368 e. The zero-order valence-electron chi connectivity index (χ0n) is 14.6. The monoisotopic (exact) mass is 398 g/mol. The highest BCUT2D eigenvalue weighted by Gasteiger charge is 2.34. The van der Waals surface area contributed by atoms with Crippen LogP contribution in [0.4, 0.5) is 24.5 Å². The lowest BCUT2D eigenvalue weighted by molar-refractivity contribution is -0.136. The molecule has 1 aliphatic rings. The Labute approximate surface area is 159 Å². The number of benzene rings is 1. The number of nitrogens with one attached hydrogen (secondary N) is 1. The minimum absolute atomic E-state index is 0.0564. The van der Waals surface area contributed by atoms with Crippen molar-refractivity contribution in [3.8, 4) is 0 Å². The van der Waals surface area contributed by atoms with Crippen molar-refractivity contribution >= 4 is 28.9 Å². The third-order valence-electron chi connectivity index (χ3n) is 4.39. The number of amides is 1. The Morgan fingerprint density at radius 1 is 1.15 bits per heavy atom. The fourth-order valence-electron chi connectivity index (χ4n) is 2.84. The molecule has 1 amide bonds. The van der Waals surface area contributed by atoms with Crippen molar-refractivity contribution < 1.29 is 18.0 Å². The third kappa shape index (κ3) is 4.70. The van der Waals surface area contributed by atoms with Crippen LogP contribution >= 0.6 is 11.6 Å². The van der Waals surface area contributed by atoms with Crippen molar-refractivity contribution in [3.63, 3.8) is 0 Å². The second-order valence-corrected chi connectivity index (χ2v) is 6.80. The van der Waals surface area contributed by atoms with Gasteiger partial charge in [-0.1, -0.05) is 11.6 Å². The van der Waals surface area contributed by atoms with Gasteiger partial charge in [0.25, 0.3) is 5.91 Å². The van der Waals surface area contributed by atoms with Gasteiger partial charge >= 0.3 is 6.18 Å². The molecule has 2 aromatic rings. The molecular formula is C18H18ClF3N4O. The van der Waals surface area contributed by atoms with Crippen LogP contribution in [-0.2, 0) is 6.18 Å². The van der Waals surface area contributed by atoms with Crippen molar-refractivity contribution in [3.05, 3.63) is 52.8 Å². The fraction of sp³-hybridized carbons (Fsp3) is 0.333. The molecule has 1 aliphatic heterocycles. The summed E-state index contributed by atoms with van der Waals surface area (Å²) in [5, 5.41) is 2.26. The molecule has 0 spiro atoms. The second-order valence-electron chi connectivity index (χ2n) is 6.36. The van der Waals surface area contributed by atoms with Crippen molar-refractivity contribution in [2.45, 2.75) is 6.18 Å². The molecule has 1 aromatic heterocycles. The SMILES string of the molecule is CN1CCN(c2cncc(C(=O)Nc3ccc(Cl)cc3C(F)(F)F)c2)CC1. The Kier molecular flexibility index (Phi) is 5.57. The number of piperazine rings is 1. The van der Waals surface area contributed by atoms with E-state index in [-0.39, 0.29) is 16.3 Å². The van der Waals surface area contributed by atoms with E-state index >= 15 is 0 Å². The highest BCUT2D eigenvalue weighted by atomic mass is 35.5. The van der Waals surface area contributed by atoms with Gasteiger partial charge in [0.15, 0.2) is 0 Å². The predicted octanol–water partition coefficient (Wildman–Crippen LogP) is 3.76. The van der Waals surface area contributed by atoms with E-state index in [1.165, 1.54) is 12.3 Å². The highest BCUT2D eigenvalue weighted by molar-refractivity contribution is 6.30. The Morgan fingerprint density at radius 2 is 1.85 bits per heavy atom. The summed E-state index contributed by atoms with van der Waals surface area (Å²) in [6.45, 7) is 3.35. The average molecular weight is 399 g/mol. The van der Waals surface area contributed by atoms with Gasteiger partial charge < -0.3 is 15.1 Å². The summed E-state index contributed by atoms with van der Waals surface area (Å²) >= 11 is 5.66. The van der Waals surface area contributed by atoms with Crippen molar-refractivity contribution in [2.75, 3.05) is 43.4 Å². The number of carbonyl (C=O) groups excluding carboxylic acids is 1. The minimum atomic E-state index is -4.63. The number of alkyl halides is 3. The molecule has 2 heterocycles. The van der Waals surface area contributed by atoms with Gasteiger partial charge in [-0.3, -0.25) is 9.78 Å². The maximum atomic E-state index is 13.2. The number of anilines is 2. The van der Waals surface area contributed by atoms with Gasteiger partial charge in [0, 0.05) is 37.4 Å². The summed E-state index contributed by atoms with van der Waals surface area (Å²) < 4.78 is 39.6. The maximum Gasteiger partial charge on any atom is 0.418 e. The molecule has 0 saturated carbocycles.